The molecular formula is C39H48O6. The van der Waals surface area contributed by atoms with Crippen molar-refractivity contribution < 1.29 is 29.2 Å². The molecule has 0 heterocycles. The lowest BCUT2D eigenvalue weighted by atomic mass is 10.0. The molecule has 3 aromatic rings. The van der Waals surface area contributed by atoms with Crippen molar-refractivity contribution in [2.75, 3.05) is 27.9 Å². The van der Waals surface area contributed by atoms with E-state index < -0.39 is 0 Å². The van der Waals surface area contributed by atoms with Crippen LogP contribution in [0.2, 0.25) is 0 Å². The highest BCUT2D eigenvalue weighted by Gasteiger charge is 2.10. The Kier molecular flexibility index (Phi) is 18.2. The predicted molar refractivity (Wildman–Crippen MR) is 188 cm³/mol. The van der Waals surface area contributed by atoms with Crippen molar-refractivity contribution in [1.82, 2.24) is 0 Å². The zero-order chi connectivity index (χ0) is 33.6. The summed E-state index contributed by atoms with van der Waals surface area (Å²) < 4.78 is 20.9. The van der Waals surface area contributed by atoms with Crippen LogP contribution in [0.15, 0.2) is 118 Å². The van der Waals surface area contributed by atoms with Gasteiger partial charge in [0.1, 0.15) is 6.61 Å². The monoisotopic (exact) mass is 612 g/mol. The van der Waals surface area contributed by atoms with Gasteiger partial charge in [0.2, 0.25) is 0 Å². The van der Waals surface area contributed by atoms with E-state index in [1.54, 1.807) is 39.6 Å². The second-order valence-corrected chi connectivity index (χ2v) is 9.66. The Bertz CT molecular complexity index is 1350. The molecule has 0 fully saturated rings. The highest BCUT2D eigenvalue weighted by atomic mass is 16.5. The maximum Gasteiger partial charge on any atom is 0.161 e. The molecule has 0 aliphatic heterocycles. The van der Waals surface area contributed by atoms with Crippen LogP contribution in [0.3, 0.4) is 0 Å². The number of phenols is 2. The number of hydrogen-bond donors (Lipinski definition) is 2. The predicted octanol–water partition coefficient (Wildman–Crippen LogP) is 8.70. The number of hydrogen-bond acceptors (Lipinski definition) is 6. The number of methoxy groups -OCH3 is 3. The molecule has 0 bridgehead atoms. The van der Waals surface area contributed by atoms with E-state index in [2.05, 4.69) is 39.5 Å². The number of benzene rings is 3. The largest absolute Gasteiger partial charge is 0.504 e. The summed E-state index contributed by atoms with van der Waals surface area (Å²) in [4.78, 5) is 0. The lowest BCUT2D eigenvalue weighted by Crippen LogP contribution is -1.96. The number of allylic oxidation sites excluding steroid dienone is 5. The van der Waals surface area contributed by atoms with Crippen molar-refractivity contribution in [2.45, 2.75) is 32.1 Å². The molecule has 3 aromatic carbocycles. The summed E-state index contributed by atoms with van der Waals surface area (Å²) in [6, 6.07) is 13.4. The normalized spacial score (nSPS) is 9.58. The molecule has 0 aliphatic rings. The lowest BCUT2D eigenvalue weighted by molar-refractivity contribution is 0.326. The van der Waals surface area contributed by atoms with Gasteiger partial charge in [-0.3, -0.25) is 0 Å². The Labute approximate surface area is 269 Å². The first-order valence-corrected chi connectivity index (χ1v) is 14.5. The quantitative estimate of drug-likeness (QED) is 0.158. The van der Waals surface area contributed by atoms with Crippen LogP contribution < -0.4 is 18.9 Å². The fraction of sp³-hybridized carbons (Fsp3) is 0.231. The van der Waals surface area contributed by atoms with Crippen molar-refractivity contribution in [1.29, 1.82) is 0 Å². The molecule has 0 unspecified atom stereocenters. The first kappa shape index (κ1) is 37.9. The Morgan fingerprint density at radius 3 is 1.27 bits per heavy atom. The van der Waals surface area contributed by atoms with E-state index in [-0.39, 0.29) is 11.5 Å². The molecule has 45 heavy (non-hydrogen) atoms. The van der Waals surface area contributed by atoms with Crippen LogP contribution in [-0.2, 0) is 32.1 Å². The summed E-state index contributed by atoms with van der Waals surface area (Å²) in [6.45, 7) is 22.5. The molecule has 0 aromatic heterocycles. The summed E-state index contributed by atoms with van der Waals surface area (Å²) in [7, 11) is 4.72. The first-order valence-electron chi connectivity index (χ1n) is 14.5. The topological polar surface area (TPSA) is 77.4 Å². The van der Waals surface area contributed by atoms with E-state index >= 15 is 0 Å². The first-order chi connectivity index (χ1) is 21.8. The second-order valence-electron chi connectivity index (χ2n) is 9.66. The van der Waals surface area contributed by atoms with Gasteiger partial charge in [0, 0.05) is 11.1 Å². The summed E-state index contributed by atoms with van der Waals surface area (Å²) in [5, 5.41) is 19.6. The fourth-order valence-electron chi connectivity index (χ4n) is 4.23. The zero-order valence-corrected chi connectivity index (χ0v) is 27.0. The highest BCUT2D eigenvalue weighted by molar-refractivity contribution is 5.50. The number of aromatic hydroxyl groups is 2. The fourth-order valence-corrected chi connectivity index (χ4v) is 4.23. The lowest BCUT2D eigenvalue weighted by Gasteiger charge is -2.10. The Morgan fingerprint density at radius 1 is 0.489 bits per heavy atom. The third-order valence-corrected chi connectivity index (χ3v) is 6.32. The number of ether oxygens (including phenoxy) is 4. The SMILES string of the molecule is C=CCOc1ccc(CC=C)cc1OC.C=CCc1cc(CC=C)c(O)c(OC)c1.C=CCc1cc(CC=C)c(O)c(OC)c1. The standard InChI is InChI=1S/3C13H16O2/c1-4-6-11-7-8-12(15-9-5-2)13(10-11)14-3;2*1-4-6-10-8-11(7-5-2)13(14)12(9-10)15-3/h4-5,7-8,10H,1-2,6,9H2,3H3;2*4-5,8-9,14H,1-2,6-7H2,3H3. The van der Waals surface area contributed by atoms with Gasteiger partial charge in [-0.2, -0.15) is 0 Å². The molecule has 2 N–H and O–H groups in total. The van der Waals surface area contributed by atoms with E-state index in [1.807, 2.05) is 60.7 Å². The molecule has 0 spiro atoms. The van der Waals surface area contributed by atoms with Crippen LogP contribution in [-0.4, -0.2) is 38.1 Å². The van der Waals surface area contributed by atoms with Crippen molar-refractivity contribution in [2.24, 2.45) is 0 Å². The van der Waals surface area contributed by atoms with Gasteiger partial charge in [-0.1, -0.05) is 61.2 Å². The molecule has 240 valence electrons. The van der Waals surface area contributed by atoms with Gasteiger partial charge in [0.05, 0.1) is 21.3 Å². The summed E-state index contributed by atoms with van der Waals surface area (Å²) in [5.74, 6) is 2.90. The van der Waals surface area contributed by atoms with Gasteiger partial charge in [0.15, 0.2) is 34.5 Å². The van der Waals surface area contributed by atoms with E-state index in [9.17, 15) is 10.2 Å². The van der Waals surface area contributed by atoms with E-state index in [4.69, 9.17) is 18.9 Å². The molecule has 0 atom stereocenters. The van der Waals surface area contributed by atoms with Crippen LogP contribution in [0.25, 0.3) is 0 Å². The van der Waals surface area contributed by atoms with Crippen molar-refractivity contribution in [3.8, 4) is 34.5 Å². The van der Waals surface area contributed by atoms with Crippen molar-refractivity contribution in [3.63, 3.8) is 0 Å². The van der Waals surface area contributed by atoms with Crippen molar-refractivity contribution >= 4 is 0 Å². The maximum atomic E-state index is 9.81. The molecule has 0 saturated carbocycles. The molecule has 0 aliphatic carbocycles. The van der Waals surface area contributed by atoms with E-state index in [0.29, 0.717) is 30.9 Å². The van der Waals surface area contributed by atoms with Crippen LogP contribution in [0.5, 0.6) is 34.5 Å². The van der Waals surface area contributed by atoms with E-state index in [1.165, 1.54) is 0 Å². The minimum atomic E-state index is 0.199. The van der Waals surface area contributed by atoms with Crippen molar-refractivity contribution in [3.05, 3.63) is 146 Å². The molecular weight excluding hydrogens is 564 g/mol. The van der Waals surface area contributed by atoms with Gasteiger partial charge in [0.25, 0.3) is 0 Å². The average Bonchev–Trinajstić information content (AvgIpc) is 3.04. The summed E-state index contributed by atoms with van der Waals surface area (Å²) >= 11 is 0. The van der Waals surface area contributed by atoms with Crippen LogP contribution in [0.4, 0.5) is 0 Å². The van der Waals surface area contributed by atoms with Gasteiger partial charge in [-0.25, -0.2) is 0 Å². The average molecular weight is 613 g/mol. The van der Waals surface area contributed by atoms with Gasteiger partial charge in [-0.05, 0) is 73.1 Å². The third-order valence-electron chi connectivity index (χ3n) is 6.32. The van der Waals surface area contributed by atoms with Gasteiger partial charge < -0.3 is 29.2 Å². The van der Waals surface area contributed by atoms with Crippen LogP contribution in [0.1, 0.15) is 27.8 Å². The van der Waals surface area contributed by atoms with E-state index in [0.717, 1.165) is 58.6 Å². The minimum absolute atomic E-state index is 0.199. The molecule has 0 radical (unpaired) electrons. The molecule has 0 saturated heterocycles. The summed E-state index contributed by atoms with van der Waals surface area (Å²) in [5.41, 5.74) is 4.99. The number of rotatable bonds is 16. The van der Waals surface area contributed by atoms with Gasteiger partial charge >= 0.3 is 0 Å². The Balaban J connectivity index is 0.000000337. The third kappa shape index (κ3) is 12.6. The van der Waals surface area contributed by atoms with Gasteiger partial charge in [-0.15, -0.1) is 32.9 Å². The smallest absolute Gasteiger partial charge is 0.161 e. The minimum Gasteiger partial charge on any atom is -0.504 e. The zero-order valence-electron chi connectivity index (χ0n) is 27.0. The number of phenolic OH excluding ortho intramolecular Hbond substituents is 2. The summed E-state index contributed by atoms with van der Waals surface area (Å²) in [6.07, 6.45) is 14.3. The maximum absolute atomic E-state index is 9.81. The molecule has 3 rings (SSSR count). The highest BCUT2D eigenvalue weighted by Crippen LogP contribution is 2.33. The van der Waals surface area contributed by atoms with Crippen LogP contribution in [0, 0.1) is 0 Å². The molecule has 6 nitrogen and oxygen atoms in total. The molecule has 0 amide bonds. The molecule has 6 heteroatoms. The van der Waals surface area contributed by atoms with Crippen LogP contribution >= 0.6 is 0 Å². The Morgan fingerprint density at radius 2 is 0.889 bits per heavy atom. The second kappa shape index (κ2) is 21.6. The Hall–Kier alpha value is -5.10.